The van der Waals surface area contributed by atoms with E-state index in [4.69, 9.17) is 0 Å². The third-order valence-electron chi connectivity index (χ3n) is 6.18. The minimum Gasteiger partial charge on any atom is -0.352 e. The summed E-state index contributed by atoms with van der Waals surface area (Å²) in [5.74, 6) is -1.24. The van der Waals surface area contributed by atoms with E-state index in [1.54, 1.807) is 38.1 Å². The second-order valence-electron chi connectivity index (χ2n) is 8.88. The van der Waals surface area contributed by atoms with E-state index in [0.29, 0.717) is 17.7 Å². The number of hydrogen-bond acceptors (Lipinski definition) is 4. The van der Waals surface area contributed by atoms with Gasteiger partial charge in [0, 0.05) is 12.6 Å². The average molecular weight is 506 g/mol. The highest BCUT2D eigenvalue weighted by Gasteiger charge is 2.32. The minimum atomic E-state index is -3.80. The predicted octanol–water partition coefficient (Wildman–Crippen LogP) is 3.93. The van der Waals surface area contributed by atoms with Crippen LogP contribution in [-0.4, -0.2) is 50.0 Å². The van der Waals surface area contributed by atoms with Crippen LogP contribution in [0, 0.1) is 19.7 Å². The van der Waals surface area contributed by atoms with Crippen molar-refractivity contribution in [3.63, 3.8) is 0 Å². The lowest BCUT2D eigenvalue weighted by Gasteiger charge is -2.33. The largest absolute Gasteiger partial charge is 0.352 e. The zero-order valence-corrected chi connectivity index (χ0v) is 22.2. The number of carbonyl (C=O) groups is 2. The summed E-state index contributed by atoms with van der Waals surface area (Å²) >= 11 is 0. The molecule has 0 bridgehead atoms. The number of benzene rings is 2. The second-order valence-corrected chi connectivity index (χ2v) is 10.8. The van der Waals surface area contributed by atoms with Crippen molar-refractivity contribution in [1.82, 2.24) is 10.2 Å². The summed E-state index contributed by atoms with van der Waals surface area (Å²) in [5, 5.41) is 2.92. The fraction of sp³-hybridized carbons (Fsp3) is 0.462. The number of aryl methyl sites for hydroxylation is 1. The Kier molecular flexibility index (Phi) is 9.82. The number of amides is 2. The molecule has 0 radical (unpaired) electrons. The van der Waals surface area contributed by atoms with Crippen LogP contribution >= 0.6 is 0 Å². The number of carbonyl (C=O) groups excluding carboxylic acids is 2. The van der Waals surface area contributed by atoms with E-state index >= 15 is 0 Å². The van der Waals surface area contributed by atoms with E-state index in [1.807, 2.05) is 26.8 Å². The topological polar surface area (TPSA) is 86.8 Å². The van der Waals surface area contributed by atoms with Gasteiger partial charge in [0.25, 0.3) is 0 Å². The van der Waals surface area contributed by atoms with Gasteiger partial charge in [-0.3, -0.25) is 13.9 Å². The first kappa shape index (κ1) is 28.3. The Bertz CT molecular complexity index is 1140. The standard InChI is InChI=1S/C26H36FN3O4S/c1-7-19(4)28-26(32)23(8-2)29(16-21-12-14-22(27)15-13-21)25(31)17-30(35(6,33)34)24-11-9-10-18(3)20(24)5/h9-15,19,23H,7-8,16-17H2,1-6H3,(H,28,32)/t19-,23-/m1/s1. The molecule has 0 unspecified atom stereocenters. The molecule has 0 saturated heterocycles. The molecular weight excluding hydrogens is 469 g/mol. The molecule has 0 heterocycles. The van der Waals surface area contributed by atoms with Gasteiger partial charge in [0.05, 0.1) is 11.9 Å². The van der Waals surface area contributed by atoms with Crippen LogP contribution in [0.25, 0.3) is 0 Å². The van der Waals surface area contributed by atoms with Crippen molar-refractivity contribution in [1.29, 1.82) is 0 Å². The van der Waals surface area contributed by atoms with Gasteiger partial charge in [0.1, 0.15) is 18.4 Å². The molecule has 2 aromatic rings. The predicted molar refractivity (Wildman–Crippen MR) is 137 cm³/mol. The van der Waals surface area contributed by atoms with Crippen molar-refractivity contribution < 1.29 is 22.4 Å². The first-order valence-corrected chi connectivity index (χ1v) is 13.6. The quantitative estimate of drug-likeness (QED) is 0.501. The number of nitrogens with zero attached hydrogens (tertiary/aromatic N) is 2. The van der Waals surface area contributed by atoms with Gasteiger partial charge in [-0.15, -0.1) is 0 Å². The van der Waals surface area contributed by atoms with E-state index < -0.39 is 34.3 Å². The Labute approximate surface area is 208 Å². The zero-order valence-electron chi connectivity index (χ0n) is 21.3. The summed E-state index contributed by atoms with van der Waals surface area (Å²) in [6.07, 6.45) is 2.11. The molecule has 0 aromatic heterocycles. The van der Waals surface area contributed by atoms with Crippen molar-refractivity contribution in [3.8, 4) is 0 Å². The molecular formula is C26H36FN3O4S. The molecule has 192 valence electrons. The molecule has 0 aliphatic heterocycles. The van der Waals surface area contributed by atoms with Crippen molar-refractivity contribution in [2.75, 3.05) is 17.1 Å². The zero-order chi connectivity index (χ0) is 26.3. The van der Waals surface area contributed by atoms with Crippen LogP contribution < -0.4 is 9.62 Å². The molecule has 0 saturated carbocycles. The number of halogens is 1. The van der Waals surface area contributed by atoms with Crippen LogP contribution in [0.3, 0.4) is 0 Å². The lowest BCUT2D eigenvalue weighted by Crippen LogP contribution is -2.53. The molecule has 0 aliphatic carbocycles. The maximum atomic E-state index is 13.7. The van der Waals surface area contributed by atoms with Crippen LogP contribution in [0.1, 0.15) is 50.3 Å². The smallest absolute Gasteiger partial charge is 0.244 e. The van der Waals surface area contributed by atoms with Gasteiger partial charge in [0.15, 0.2) is 0 Å². The summed E-state index contributed by atoms with van der Waals surface area (Å²) in [7, 11) is -3.80. The van der Waals surface area contributed by atoms with Crippen molar-refractivity contribution in [2.45, 2.75) is 66.1 Å². The Balaban J connectivity index is 2.47. The van der Waals surface area contributed by atoms with Gasteiger partial charge in [0.2, 0.25) is 21.8 Å². The van der Waals surface area contributed by atoms with Crippen LogP contribution in [0.2, 0.25) is 0 Å². The van der Waals surface area contributed by atoms with Gasteiger partial charge < -0.3 is 10.2 Å². The van der Waals surface area contributed by atoms with Crippen LogP contribution in [0.5, 0.6) is 0 Å². The Morgan fingerprint density at radius 3 is 2.20 bits per heavy atom. The minimum absolute atomic E-state index is 0.0376. The molecule has 2 atom stereocenters. The monoisotopic (exact) mass is 505 g/mol. The van der Waals surface area contributed by atoms with E-state index in [1.165, 1.54) is 17.0 Å². The number of anilines is 1. The first-order chi connectivity index (χ1) is 16.4. The molecule has 9 heteroatoms. The van der Waals surface area contributed by atoms with E-state index in [0.717, 1.165) is 28.1 Å². The van der Waals surface area contributed by atoms with Crippen molar-refractivity contribution >= 4 is 27.5 Å². The fourth-order valence-corrected chi connectivity index (χ4v) is 4.65. The molecule has 1 N–H and O–H groups in total. The lowest BCUT2D eigenvalue weighted by molar-refractivity contribution is -0.140. The molecule has 0 spiro atoms. The van der Waals surface area contributed by atoms with Gasteiger partial charge in [-0.2, -0.15) is 0 Å². The molecule has 35 heavy (non-hydrogen) atoms. The van der Waals surface area contributed by atoms with Gasteiger partial charge in [-0.1, -0.05) is 38.1 Å². The third kappa shape index (κ3) is 7.52. The summed E-state index contributed by atoms with van der Waals surface area (Å²) in [6, 6.07) is 10.0. The number of sulfonamides is 1. The maximum Gasteiger partial charge on any atom is 0.244 e. The Morgan fingerprint density at radius 2 is 1.66 bits per heavy atom. The highest BCUT2D eigenvalue weighted by molar-refractivity contribution is 7.92. The molecule has 2 amide bonds. The second kappa shape index (κ2) is 12.2. The summed E-state index contributed by atoms with van der Waals surface area (Å²) in [4.78, 5) is 28.1. The normalized spacial score (nSPS) is 13.1. The number of rotatable bonds is 11. The summed E-state index contributed by atoms with van der Waals surface area (Å²) in [5.41, 5.74) is 2.69. The Hall–Kier alpha value is -2.94. The van der Waals surface area contributed by atoms with Gasteiger partial charge in [-0.25, -0.2) is 12.8 Å². The fourth-order valence-electron chi connectivity index (χ4n) is 3.75. The molecule has 0 aliphatic rings. The third-order valence-corrected chi connectivity index (χ3v) is 7.30. The average Bonchev–Trinajstić information content (AvgIpc) is 2.79. The Morgan fingerprint density at radius 1 is 1.03 bits per heavy atom. The van der Waals surface area contributed by atoms with Crippen LogP contribution in [0.4, 0.5) is 10.1 Å². The lowest BCUT2D eigenvalue weighted by atomic mass is 10.1. The van der Waals surface area contributed by atoms with Gasteiger partial charge in [-0.05, 0) is 68.5 Å². The summed E-state index contributed by atoms with van der Waals surface area (Å²) in [6.45, 7) is 8.87. The summed E-state index contributed by atoms with van der Waals surface area (Å²) < 4.78 is 40.0. The van der Waals surface area contributed by atoms with Crippen LogP contribution in [0.15, 0.2) is 42.5 Å². The van der Waals surface area contributed by atoms with E-state index in [-0.39, 0.29) is 18.5 Å². The molecule has 2 aromatic carbocycles. The van der Waals surface area contributed by atoms with E-state index in [9.17, 15) is 22.4 Å². The van der Waals surface area contributed by atoms with Gasteiger partial charge >= 0.3 is 0 Å². The van der Waals surface area contributed by atoms with Crippen molar-refractivity contribution in [2.24, 2.45) is 0 Å². The van der Waals surface area contributed by atoms with Crippen LogP contribution in [-0.2, 0) is 26.2 Å². The van der Waals surface area contributed by atoms with E-state index in [2.05, 4.69) is 5.32 Å². The van der Waals surface area contributed by atoms with Crippen molar-refractivity contribution in [3.05, 3.63) is 65.0 Å². The molecule has 7 nitrogen and oxygen atoms in total. The highest BCUT2D eigenvalue weighted by atomic mass is 32.2. The number of nitrogens with one attached hydrogen (secondary N) is 1. The number of hydrogen-bond donors (Lipinski definition) is 1. The first-order valence-electron chi connectivity index (χ1n) is 11.8. The highest BCUT2D eigenvalue weighted by Crippen LogP contribution is 2.25. The maximum absolute atomic E-state index is 13.7. The molecule has 0 fully saturated rings. The molecule has 2 rings (SSSR count). The SMILES string of the molecule is CC[C@@H](C)NC(=O)[C@@H](CC)N(Cc1ccc(F)cc1)C(=O)CN(c1cccc(C)c1C)S(C)(=O)=O.